The van der Waals surface area contributed by atoms with E-state index in [0.29, 0.717) is 29.5 Å². The Morgan fingerprint density at radius 3 is 2.28 bits per heavy atom. The maximum atomic E-state index is 13.2. The van der Waals surface area contributed by atoms with Crippen molar-refractivity contribution in [1.82, 2.24) is 14.3 Å². The van der Waals surface area contributed by atoms with Crippen molar-refractivity contribution in [3.05, 3.63) is 64.1 Å². The van der Waals surface area contributed by atoms with E-state index in [4.69, 9.17) is 9.47 Å². The van der Waals surface area contributed by atoms with E-state index in [1.807, 2.05) is 23.7 Å². The molecule has 6 nitrogen and oxygen atoms in total. The topological polar surface area (TPSA) is 58.3 Å². The number of rotatable bonds is 5. The fourth-order valence-electron chi connectivity index (χ4n) is 3.78. The molecule has 0 aliphatic rings. The number of hydrogen-bond donors (Lipinski definition) is 0. The zero-order valence-corrected chi connectivity index (χ0v) is 17.4. The van der Waals surface area contributed by atoms with E-state index >= 15 is 0 Å². The Bertz CT molecular complexity index is 1250. The van der Waals surface area contributed by atoms with E-state index in [0.717, 1.165) is 21.9 Å². The van der Waals surface area contributed by atoms with E-state index in [9.17, 15) is 4.79 Å². The highest BCUT2D eigenvalue weighted by Crippen LogP contribution is 2.36. The number of hydrogen-bond acceptors (Lipinski definition) is 4. The molecule has 2 aromatic carbocycles. The van der Waals surface area contributed by atoms with Crippen LogP contribution in [0.2, 0.25) is 0 Å². The summed E-state index contributed by atoms with van der Waals surface area (Å²) in [4.78, 5) is 13.2. The highest BCUT2D eigenvalue weighted by molar-refractivity contribution is 6.08. The monoisotopic (exact) mass is 391 g/mol. The largest absolute Gasteiger partial charge is 0.493 e. The molecule has 0 aliphatic carbocycles. The third-order valence-electron chi connectivity index (χ3n) is 5.49. The standard InChI is InChI=1S/C23H25N3O3/c1-14(2)16-8-6-15(7-9-16)13-26-23(27)22-18(12-24-26)17-10-20(28-4)21(29-5)11-19(17)25(22)3/h6-12,14H,13H2,1-5H3. The van der Waals surface area contributed by atoms with Gasteiger partial charge in [0.2, 0.25) is 0 Å². The molecule has 0 spiro atoms. The molecule has 4 rings (SSSR count). The number of aryl methyl sites for hydroxylation is 1. The van der Waals surface area contributed by atoms with Gasteiger partial charge in [0.1, 0.15) is 5.52 Å². The van der Waals surface area contributed by atoms with Gasteiger partial charge in [0, 0.05) is 23.9 Å². The number of nitrogens with zero attached hydrogens (tertiary/aromatic N) is 3. The van der Waals surface area contributed by atoms with Crippen LogP contribution in [-0.2, 0) is 13.6 Å². The second-order valence-electron chi connectivity index (χ2n) is 7.55. The van der Waals surface area contributed by atoms with Crippen LogP contribution in [0, 0.1) is 0 Å². The Morgan fingerprint density at radius 1 is 1.00 bits per heavy atom. The van der Waals surface area contributed by atoms with Crippen molar-refractivity contribution in [2.24, 2.45) is 7.05 Å². The first-order valence-electron chi connectivity index (χ1n) is 9.63. The summed E-state index contributed by atoms with van der Waals surface area (Å²) in [5.74, 6) is 1.73. The van der Waals surface area contributed by atoms with Crippen LogP contribution in [0.25, 0.3) is 21.8 Å². The van der Waals surface area contributed by atoms with Crippen molar-refractivity contribution in [3.8, 4) is 11.5 Å². The molecule has 0 amide bonds. The van der Waals surface area contributed by atoms with Gasteiger partial charge in [0.25, 0.3) is 5.56 Å². The first-order chi connectivity index (χ1) is 13.9. The molecule has 0 bridgehead atoms. The summed E-state index contributed by atoms with van der Waals surface area (Å²) in [5.41, 5.74) is 3.72. The SMILES string of the molecule is COc1cc2c3cnn(Cc4ccc(C(C)C)cc4)c(=O)c3n(C)c2cc1OC. The Morgan fingerprint density at radius 2 is 1.66 bits per heavy atom. The predicted octanol–water partition coefficient (Wildman–Crippen LogP) is 4.08. The summed E-state index contributed by atoms with van der Waals surface area (Å²) in [6, 6.07) is 12.1. The third-order valence-corrected chi connectivity index (χ3v) is 5.49. The van der Waals surface area contributed by atoms with Crippen LogP contribution in [0.3, 0.4) is 0 Å². The highest BCUT2D eigenvalue weighted by atomic mass is 16.5. The molecule has 0 fully saturated rings. The van der Waals surface area contributed by atoms with Gasteiger partial charge in [0.15, 0.2) is 11.5 Å². The normalized spacial score (nSPS) is 11.5. The van der Waals surface area contributed by atoms with Crippen molar-refractivity contribution in [1.29, 1.82) is 0 Å². The van der Waals surface area contributed by atoms with E-state index in [-0.39, 0.29) is 5.56 Å². The first-order valence-corrected chi connectivity index (χ1v) is 9.63. The molecule has 0 aliphatic heterocycles. The summed E-state index contributed by atoms with van der Waals surface area (Å²) in [5, 5.41) is 6.16. The molecule has 0 atom stereocenters. The smallest absolute Gasteiger partial charge is 0.291 e. The molecule has 0 N–H and O–H groups in total. The van der Waals surface area contributed by atoms with E-state index < -0.39 is 0 Å². The lowest BCUT2D eigenvalue weighted by molar-refractivity contribution is 0.356. The van der Waals surface area contributed by atoms with Crippen LogP contribution in [0.15, 0.2) is 47.4 Å². The molecule has 2 aromatic heterocycles. The highest BCUT2D eigenvalue weighted by Gasteiger charge is 2.17. The van der Waals surface area contributed by atoms with Crippen LogP contribution < -0.4 is 15.0 Å². The van der Waals surface area contributed by atoms with E-state index in [2.05, 4.69) is 43.2 Å². The molecular formula is C23H25N3O3. The molecule has 0 saturated heterocycles. The van der Waals surface area contributed by atoms with Crippen molar-refractivity contribution in [2.75, 3.05) is 14.2 Å². The average molecular weight is 391 g/mol. The predicted molar refractivity (Wildman–Crippen MR) is 115 cm³/mol. The van der Waals surface area contributed by atoms with Crippen molar-refractivity contribution >= 4 is 21.8 Å². The lowest BCUT2D eigenvalue weighted by Crippen LogP contribution is -2.24. The number of benzene rings is 2. The van der Waals surface area contributed by atoms with Crippen molar-refractivity contribution in [3.63, 3.8) is 0 Å². The van der Waals surface area contributed by atoms with Gasteiger partial charge in [-0.05, 0) is 23.1 Å². The van der Waals surface area contributed by atoms with Gasteiger partial charge in [-0.15, -0.1) is 0 Å². The fourth-order valence-corrected chi connectivity index (χ4v) is 3.78. The van der Waals surface area contributed by atoms with E-state index in [1.54, 1.807) is 20.4 Å². The van der Waals surface area contributed by atoms with Crippen LogP contribution >= 0.6 is 0 Å². The van der Waals surface area contributed by atoms with Crippen molar-refractivity contribution < 1.29 is 9.47 Å². The minimum absolute atomic E-state index is 0.118. The quantitative estimate of drug-likeness (QED) is 0.514. The van der Waals surface area contributed by atoms with Gasteiger partial charge in [-0.3, -0.25) is 4.79 Å². The average Bonchev–Trinajstić information content (AvgIpc) is 3.01. The Kier molecular flexibility index (Phi) is 4.78. The Balaban J connectivity index is 1.84. The molecule has 2 heterocycles. The Labute approximate surface area is 169 Å². The Hall–Kier alpha value is -3.28. The fraction of sp³-hybridized carbons (Fsp3) is 0.304. The summed E-state index contributed by atoms with van der Waals surface area (Å²) < 4.78 is 14.3. The lowest BCUT2D eigenvalue weighted by Gasteiger charge is -2.08. The minimum Gasteiger partial charge on any atom is -0.493 e. The molecule has 150 valence electrons. The van der Waals surface area contributed by atoms with Crippen molar-refractivity contribution in [2.45, 2.75) is 26.3 Å². The van der Waals surface area contributed by atoms with Gasteiger partial charge in [0.05, 0.1) is 32.5 Å². The van der Waals surface area contributed by atoms with Gasteiger partial charge in [-0.25, -0.2) is 4.68 Å². The van der Waals surface area contributed by atoms with Gasteiger partial charge in [-0.1, -0.05) is 38.1 Å². The lowest BCUT2D eigenvalue weighted by atomic mass is 10.0. The number of aromatic nitrogens is 3. The molecular weight excluding hydrogens is 366 g/mol. The number of methoxy groups -OCH3 is 2. The molecule has 6 heteroatoms. The van der Waals surface area contributed by atoms with Crippen LogP contribution in [0.1, 0.15) is 30.9 Å². The minimum atomic E-state index is -0.118. The molecule has 0 unspecified atom stereocenters. The van der Waals surface area contributed by atoms with Crippen LogP contribution in [0.5, 0.6) is 11.5 Å². The van der Waals surface area contributed by atoms with Crippen LogP contribution in [0.4, 0.5) is 0 Å². The zero-order chi connectivity index (χ0) is 20.7. The summed E-state index contributed by atoms with van der Waals surface area (Å²) >= 11 is 0. The maximum Gasteiger partial charge on any atom is 0.291 e. The zero-order valence-electron chi connectivity index (χ0n) is 17.4. The molecule has 4 aromatic rings. The van der Waals surface area contributed by atoms with Gasteiger partial charge >= 0.3 is 0 Å². The third kappa shape index (κ3) is 3.14. The second kappa shape index (κ2) is 7.28. The number of fused-ring (bicyclic) bond motifs is 3. The van der Waals surface area contributed by atoms with Gasteiger partial charge in [-0.2, -0.15) is 5.10 Å². The first kappa shape index (κ1) is 19.1. The summed E-state index contributed by atoms with van der Waals surface area (Å²) in [6.45, 7) is 4.76. The van der Waals surface area contributed by atoms with Crippen LogP contribution in [-0.4, -0.2) is 28.6 Å². The molecule has 0 saturated carbocycles. The molecule has 29 heavy (non-hydrogen) atoms. The van der Waals surface area contributed by atoms with E-state index in [1.165, 1.54) is 10.2 Å². The molecule has 0 radical (unpaired) electrons. The van der Waals surface area contributed by atoms with Gasteiger partial charge < -0.3 is 14.0 Å². The second-order valence-corrected chi connectivity index (χ2v) is 7.55. The maximum absolute atomic E-state index is 13.2. The summed E-state index contributed by atoms with van der Waals surface area (Å²) in [6.07, 6.45) is 1.76. The number of ether oxygens (including phenoxy) is 2. The summed E-state index contributed by atoms with van der Waals surface area (Å²) in [7, 11) is 5.09.